The van der Waals surface area contributed by atoms with Crippen molar-refractivity contribution in [3.8, 4) is 0 Å². The van der Waals surface area contributed by atoms with Gasteiger partial charge >= 0.3 is 11.9 Å². The van der Waals surface area contributed by atoms with Gasteiger partial charge in [0.1, 0.15) is 24.4 Å². The van der Waals surface area contributed by atoms with Gasteiger partial charge in [-0.25, -0.2) is 0 Å². The lowest BCUT2D eigenvalue weighted by Crippen LogP contribution is -2.11. The fraction of sp³-hybridized carbons (Fsp3) is 0.750. The van der Waals surface area contributed by atoms with Crippen LogP contribution >= 0.6 is 0 Å². The summed E-state index contributed by atoms with van der Waals surface area (Å²) in [4.78, 5) is 38.9. The molecule has 0 fully saturated rings. The van der Waals surface area contributed by atoms with Crippen molar-refractivity contribution < 1.29 is 53.8 Å². The molecule has 0 aromatic rings. The molecule has 0 saturated carbocycles. The Hall–Kier alpha value is -1.92. The van der Waals surface area contributed by atoms with Gasteiger partial charge in [0.2, 0.25) is 0 Å². The van der Waals surface area contributed by atoms with E-state index in [1.807, 2.05) is 0 Å². The van der Waals surface area contributed by atoms with Gasteiger partial charge in [0.25, 0.3) is 0 Å². The topological polar surface area (TPSA) is 177 Å². The fourth-order valence-electron chi connectivity index (χ4n) is 1.10. The molecule has 0 saturated heterocycles. The van der Waals surface area contributed by atoms with Crippen LogP contribution in [0, 0.1) is 0 Å². The number of ether oxygens (including phenoxy) is 3. The van der Waals surface area contributed by atoms with Crippen LogP contribution in [-0.2, 0) is 33.4 Å². The minimum Gasteiger partial charge on any atom is -0.481 e. The number of carboxylic acids is 2. The quantitative estimate of drug-likeness (QED) is 0.211. The first kappa shape index (κ1) is 29.8. The van der Waals surface area contributed by atoms with Crippen LogP contribution in [0.1, 0.15) is 26.7 Å². The minimum atomic E-state index is -1.06. The van der Waals surface area contributed by atoms with E-state index in [0.717, 1.165) is 0 Å². The molecule has 0 aromatic heterocycles. The number of Topliss-reactive ketones (excluding diaryl/α,β-unsaturated/α-hetero) is 2. The van der Waals surface area contributed by atoms with E-state index in [1.54, 1.807) is 0 Å². The number of hydrogen-bond donors (Lipinski definition) is 4. The summed E-state index contributed by atoms with van der Waals surface area (Å²) in [5.41, 5.74) is 0. The van der Waals surface area contributed by atoms with Gasteiger partial charge in [-0.3, -0.25) is 19.2 Å². The number of ketones is 2. The number of aliphatic hydroxyl groups excluding tert-OH is 2. The summed E-state index contributed by atoms with van der Waals surface area (Å²) < 4.78 is 15.0. The Kier molecular flexibility index (Phi) is 26.6. The second-order valence-corrected chi connectivity index (χ2v) is 4.83. The zero-order chi connectivity index (χ0) is 21.5. The molecule has 11 heteroatoms. The van der Waals surface area contributed by atoms with Gasteiger partial charge in [0.15, 0.2) is 0 Å². The number of hydrogen-bond acceptors (Lipinski definition) is 9. The highest BCUT2D eigenvalue weighted by Crippen LogP contribution is 1.80. The monoisotopic (exact) mass is 398 g/mol. The predicted octanol–water partition coefficient (Wildman–Crippen LogP) is -0.879. The number of carboxylic acid groups (broad SMARTS) is 2. The van der Waals surface area contributed by atoms with E-state index in [4.69, 9.17) is 34.6 Å². The zero-order valence-corrected chi connectivity index (χ0v) is 15.7. The van der Waals surface area contributed by atoms with E-state index in [0.29, 0.717) is 39.6 Å². The summed E-state index contributed by atoms with van der Waals surface area (Å²) in [5, 5.41) is 32.4. The van der Waals surface area contributed by atoms with Crippen LogP contribution in [0.5, 0.6) is 0 Å². The molecule has 0 aromatic carbocycles. The molecule has 11 nitrogen and oxygen atoms in total. The summed E-state index contributed by atoms with van der Waals surface area (Å²) in [7, 11) is 0. The molecular formula is C16H30O11. The van der Waals surface area contributed by atoms with Crippen LogP contribution in [0.2, 0.25) is 0 Å². The summed E-state index contributed by atoms with van der Waals surface area (Å²) >= 11 is 0. The average Bonchev–Trinajstić information content (AvgIpc) is 2.52. The molecule has 0 aliphatic heterocycles. The van der Waals surface area contributed by atoms with Crippen LogP contribution in [0.15, 0.2) is 0 Å². The Morgan fingerprint density at radius 2 is 0.852 bits per heavy atom. The number of carbonyl (C=O) groups excluding carboxylic acids is 2. The zero-order valence-electron chi connectivity index (χ0n) is 15.7. The van der Waals surface area contributed by atoms with Crippen molar-refractivity contribution in [3.63, 3.8) is 0 Å². The molecule has 0 heterocycles. The van der Waals surface area contributed by atoms with Crippen LogP contribution in [0.3, 0.4) is 0 Å². The first-order valence-corrected chi connectivity index (χ1v) is 8.04. The molecule has 0 atom stereocenters. The van der Waals surface area contributed by atoms with Gasteiger partial charge in [-0.05, 0) is 13.8 Å². The lowest BCUT2D eigenvalue weighted by Gasteiger charge is -2.04. The van der Waals surface area contributed by atoms with Crippen LogP contribution < -0.4 is 0 Å². The van der Waals surface area contributed by atoms with Crippen molar-refractivity contribution >= 4 is 23.5 Å². The highest BCUT2D eigenvalue weighted by molar-refractivity contribution is 5.93. The van der Waals surface area contributed by atoms with Gasteiger partial charge in [0, 0.05) is 0 Å². The molecule has 0 spiro atoms. The van der Waals surface area contributed by atoms with Crippen molar-refractivity contribution in [1.29, 1.82) is 0 Å². The summed E-state index contributed by atoms with van der Waals surface area (Å²) in [6, 6.07) is 0. The Labute approximate surface area is 157 Å². The Bertz CT molecular complexity index is 336. The number of aliphatic hydroxyl groups is 2. The van der Waals surface area contributed by atoms with Gasteiger partial charge < -0.3 is 34.6 Å². The second-order valence-electron chi connectivity index (χ2n) is 4.83. The van der Waals surface area contributed by atoms with E-state index >= 15 is 0 Å². The average molecular weight is 398 g/mol. The van der Waals surface area contributed by atoms with Crippen LogP contribution in [0.4, 0.5) is 0 Å². The third-order valence-electron chi connectivity index (χ3n) is 2.02. The van der Waals surface area contributed by atoms with E-state index in [9.17, 15) is 19.2 Å². The first-order chi connectivity index (χ1) is 12.7. The van der Waals surface area contributed by atoms with E-state index in [2.05, 4.69) is 0 Å². The molecule has 0 radical (unpaired) electrons. The maximum atomic E-state index is 9.87. The van der Waals surface area contributed by atoms with Crippen molar-refractivity contribution in [2.75, 3.05) is 52.9 Å². The Morgan fingerprint density at radius 3 is 1.00 bits per heavy atom. The van der Waals surface area contributed by atoms with Gasteiger partial charge in [-0.15, -0.1) is 0 Å². The van der Waals surface area contributed by atoms with E-state index in [-0.39, 0.29) is 37.6 Å². The van der Waals surface area contributed by atoms with Crippen molar-refractivity contribution in [3.05, 3.63) is 0 Å². The molecule has 0 bridgehead atoms. The van der Waals surface area contributed by atoms with Crippen LogP contribution in [0.25, 0.3) is 0 Å². The van der Waals surface area contributed by atoms with Crippen molar-refractivity contribution in [2.24, 2.45) is 0 Å². The lowest BCUT2D eigenvalue weighted by atomic mass is 10.3. The molecule has 160 valence electrons. The van der Waals surface area contributed by atoms with E-state index in [1.165, 1.54) is 13.8 Å². The smallest absolute Gasteiger partial charge is 0.310 e. The normalized spacial score (nSPS) is 9.33. The highest BCUT2D eigenvalue weighted by Gasteiger charge is 1.98. The first-order valence-electron chi connectivity index (χ1n) is 8.04. The molecule has 0 unspecified atom stereocenters. The van der Waals surface area contributed by atoms with E-state index < -0.39 is 11.9 Å². The highest BCUT2D eigenvalue weighted by atomic mass is 16.5. The number of rotatable bonds is 14. The van der Waals surface area contributed by atoms with Gasteiger partial charge in [-0.2, -0.15) is 0 Å². The summed E-state index contributed by atoms with van der Waals surface area (Å²) in [6.45, 7) is 5.25. The molecule has 0 aliphatic rings. The molecule has 0 amide bonds. The SMILES string of the molecule is CC(=O)CC(=O)O.CC(=O)CC(=O)O.OCCOCCOCCOCCO. The molecule has 4 N–H and O–H groups in total. The lowest BCUT2D eigenvalue weighted by molar-refractivity contribution is -0.141. The summed E-state index contributed by atoms with van der Waals surface area (Å²) in [6.07, 6.45) is -0.722. The maximum Gasteiger partial charge on any atom is 0.310 e. The van der Waals surface area contributed by atoms with Crippen molar-refractivity contribution in [2.45, 2.75) is 26.7 Å². The molecule has 0 aliphatic carbocycles. The van der Waals surface area contributed by atoms with Gasteiger partial charge in [-0.1, -0.05) is 0 Å². The number of aliphatic carboxylic acids is 2. The standard InChI is InChI=1S/C8H18O5.2C4H6O3/c9-1-3-11-5-7-13-8-6-12-4-2-10;2*1-3(5)2-4(6)7/h9-10H,1-8H2;2*2H2,1H3,(H,6,7). The van der Waals surface area contributed by atoms with Crippen LogP contribution in [-0.4, -0.2) is 96.8 Å². The summed E-state index contributed by atoms with van der Waals surface area (Å²) in [5.74, 6) is -2.75. The predicted molar refractivity (Wildman–Crippen MR) is 92.5 cm³/mol. The third-order valence-corrected chi connectivity index (χ3v) is 2.02. The number of carbonyl (C=O) groups is 4. The molecular weight excluding hydrogens is 368 g/mol. The second kappa shape index (κ2) is 24.1. The Morgan fingerprint density at radius 1 is 0.593 bits per heavy atom. The van der Waals surface area contributed by atoms with Crippen molar-refractivity contribution in [1.82, 2.24) is 0 Å². The fourth-order valence-corrected chi connectivity index (χ4v) is 1.10. The largest absolute Gasteiger partial charge is 0.481 e. The maximum absolute atomic E-state index is 9.87. The Balaban J connectivity index is -0.000000350. The molecule has 27 heavy (non-hydrogen) atoms. The molecule has 0 rings (SSSR count). The third kappa shape index (κ3) is 45.4. The minimum absolute atomic E-state index is 0.0413. The van der Waals surface area contributed by atoms with Gasteiger partial charge in [0.05, 0.1) is 52.9 Å².